The fourth-order valence-corrected chi connectivity index (χ4v) is 4.17. The van der Waals surface area contributed by atoms with E-state index in [2.05, 4.69) is 25.0 Å². The summed E-state index contributed by atoms with van der Waals surface area (Å²) < 4.78 is 36.4. The zero-order chi connectivity index (χ0) is 27.1. The van der Waals surface area contributed by atoms with E-state index in [9.17, 15) is 19.0 Å². The quantitative estimate of drug-likeness (QED) is 0.392. The van der Waals surface area contributed by atoms with Crippen LogP contribution in [0.1, 0.15) is 37.2 Å². The van der Waals surface area contributed by atoms with Crippen molar-refractivity contribution in [3.8, 4) is 22.8 Å². The molecular weight excluding hydrogens is 495 g/mol. The van der Waals surface area contributed by atoms with E-state index in [1.54, 1.807) is 13.8 Å². The van der Waals surface area contributed by atoms with Gasteiger partial charge in [-0.2, -0.15) is 14.5 Å². The minimum Gasteiger partial charge on any atom is -0.505 e. The number of phenols is 2. The summed E-state index contributed by atoms with van der Waals surface area (Å²) in [4.78, 5) is 19.6. The summed E-state index contributed by atoms with van der Waals surface area (Å²) in [6, 6.07) is 2.71. The zero-order valence-electron chi connectivity index (χ0n) is 21.2. The Bertz CT molecular complexity index is 1470. The van der Waals surface area contributed by atoms with Gasteiger partial charge in [0.25, 0.3) is 0 Å². The van der Waals surface area contributed by atoms with E-state index in [0.29, 0.717) is 31.1 Å². The van der Waals surface area contributed by atoms with Gasteiger partial charge in [0.15, 0.2) is 17.2 Å². The van der Waals surface area contributed by atoms with Crippen molar-refractivity contribution < 1.29 is 23.7 Å². The number of morpholine rings is 1. The van der Waals surface area contributed by atoms with Gasteiger partial charge in [-0.15, -0.1) is 0 Å². The van der Waals surface area contributed by atoms with Crippen molar-refractivity contribution in [3.05, 3.63) is 41.5 Å². The van der Waals surface area contributed by atoms with Gasteiger partial charge in [-0.25, -0.2) is 19.3 Å². The van der Waals surface area contributed by atoms with Crippen molar-refractivity contribution >= 4 is 30.4 Å². The summed E-state index contributed by atoms with van der Waals surface area (Å²) >= 11 is 0. The summed E-state index contributed by atoms with van der Waals surface area (Å²) in [6.07, 6.45) is 6.42. The van der Waals surface area contributed by atoms with E-state index in [-0.39, 0.29) is 28.9 Å². The van der Waals surface area contributed by atoms with Crippen LogP contribution in [0.15, 0.2) is 18.5 Å². The van der Waals surface area contributed by atoms with E-state index < -0.39 is 34.2 Å². The predicted octanol–water partition coefficient (Wildman–Crippen LogP) is 2.63. The molecule has 1 atom stereocenters. The van der Waals surface area contributed by atoms with Crippen LogP contribution in [0, 0.1) is 25.5 Å². The molecule has 4 aromatic rings. The zero-order valence-corrected chi connectivity index (χ0v) is 21.2. The third-order valence-electron chi connectivity index (χ3n) is 6.50. The number of nitrogens with zero attached hydrogens (tertiary/aromatic N) is 7. The predicted molar refractivity (Wildman–Crippen MR) is 137 cm³/mol. The minimum atomic E-state index is -1.55. The highest BCUT2D eigenvalue weighted by molar-refractivity contribution is 6.38. The molecule has 2 fully saturated rings. The first-order chi connectivity index (χ1) is 18.2. The Hall–Kier alpha value is -3.87. The third kappa shape index (κ3) is 4.85. The molecule has 2 aliphatic rings. The summed E-state index contributed by atoms with van der Waals surface area (Å²) in [5.74, 6) is -5.11. The lowest BCUT2D eigenvalue weighted by atomic mass is 9.86. The summed E-state index contributed by atoms with van der Waals surface area (Å²) in [5, 5.41) is 23.8. The third-order valence-corrected chi connectivity index (χ3v) is 6.50. The number of rotatable bonds is 3. The molecule has 1 aliphatic carbocycles. The molecule has 1 saturated heterocycles. The smallest absolute Gasteiger partial charge is 0.228 e. The van der Waals surface area contributed by atoms with Gasteiger partial charge in [0.1, 0.15) is 24.8 Å². The second kappa shape index (κ2) is 10.1. The molecule has 10 nitrogen and oxygen atoms in total. The first-order valence-electron chi connectivity index (χ1n) is 12.2. The SMILES string of the molecule is [B]c1c(O)c(F)c(O)c(F)c1-c1nc(N2CCOC(C)C2)nc2nc(C)c(C)nc12.c1cnn(C2CC2)c1. The van der Waals surface area contributed by atoms with Crippen LogP contribution < -0.4 is 10.4 Å². The number of phenolic OH excluding ortho intramolecular Hbond substituents is 2. The first kappa shape index (κ1) is 25.8. The molecule has 4 heterocycles. The maximum absolute atomic E-state index is 14.9. The van der Waals surface area contributed by atoms with E-state index in [1.165, 1.54) is 12.8 Å². The topological polar surface area (TPSA) is 122 Å². The van der Waals surface area contributed by atoms with Gasteiger partial charge in [0.05, 0.1) is 30.1 Å². The van der Waals surface area contributed by atoms with E-state index in [4.69, 9.17) is 12.6 Å². The highest BCUT2D eigenvalue weighted by Gasteiger charge is 2.28. The van der Waals surface area contributed by atoms with E-state index in [1.807, 2.05) is 35.0 Å². The normalized spacial score (nSPS) is 17.4. The molecule has 13 heteroatoms. The van der Waals surface area contributed by atoms with E-state index in [0.717, 1.165) is 6.04 Å². The van der Waals surface area contributed by atoms with Gasteiger partial charge in [0, 0.05) is 31.0 Å². The van der Waals surface area contributed by atoms with Crippen LogP contribution >= 0.6 is 0 Å². The largest absolute Gasteiger partial charge is 0.505 e. The Morgan fingerprint density at radius 3 is 2.42 bits per heavy atom. The van der Waals surface area contributed by atoms with Crippen molar-refractivity contribution in [2.24, 2.45) is 0 Å². The van der Waals surface area contributed by atoms with Crippen LogP contribution in [0.3, 0.4) is 0 Å². The van der Waals surface area contributed by atoms with Crippen molar-refractivity contribution in [3.63, 3.8) is 0 Å². The summed E-state index contributed by atoms with van der Waals surface area (Å²) in [5.41, 5.74) is 0.271. The number of hydrogen-bond donors (Lipinski definition) is 2. The van der Waals surface area contributed by atoms with Gasteiger partial charge >= 0.3 is 0 Å². The number of aromatic hydroxyl groups is 2. The van der Waals surface area contributed by atoms with Crippen LogP contribution in [-0.4, -0.2) is 73.6 Å². The number of aryl methyl sites for hydroxylation is 2. The molecule has 196 valence electrons. The molecule has 1 unspecified atom stereocenters. The Balaban J connectivity index is 0.000000310. The maximum atomic E-state index is 14.9. The Kier molecular flexibility index (Phi) is 6.87. The number of halogens is 2. The van der Waals surface area contributed by atoms with Gasteiger partial charge in [-0.3, -0.25) is 4.68 Å². The molecule has 1 saturated carbocycles. The number of aromatic nitrogens is 6. The molecular formula is C25H26BF2N7O3. The van der Waals surface area contributed by atoms with Crippen LogP contribution in [0.25, 0.3) is 22.4 Å². The molecule has 0 spiro atoms. The molecule has 0 bridgehead atoms. The van der Waals surface area contributed by atoms with Gasteiger partial charge in [0.2, 0.25) is 11.8 Å². The number of benzene rings is 1. The van der Waals surface area contributed by atoms with Crippen LogP contribution in [0.4, 0.5) is 14.7 Å². The number of ether oxygens (including phenoxy) is 1. The van der Waals surface area contributed by atoms with Gasteiger partial charge in [-0.05, 0) is 45.1 Å². The number of fused-ring (bicyclic) bond motifs is 1. The molecule has 6 rings (SSSR count). The summed E-state index contributed by atoms with van der Waals surface area (Å²) in [6.45, 7) is 6.79. The molecule has 2 N–H and O–H groups in total. The second-order valence-electron chi connectivity index (χ2n) is 9.40. The van der Waals surface area contributed by atoms with Gasteiger partial charge < -0.3 is 19.8 Å². The Labute approximate surface area is 218 Å². The van der Waals surface area contributed by atoms with Crippen LogP contribution in [0.2, 0.25) is 0 Å². The second-order valence-corrected chi connectivity index (χ2v) is 9.40. The van der Waals surface area contributed by atoms with Crippen molar-refractivity contribution in [2.45, 2.75) is 45.8 Å². The number of hydrogen-bond acceptors (Lipinski definition) is 9. The lowest BCUT2D eigenvalue weighted by Gasteiger charge is -2.31. The minimum absolute atomic E-state index is 0.0759. The highest BCUT2D eigenvalue weighted by Crippen LogP contribution is 2.36. The molecule has 3 aromatic heterocycles. The fourth-order valence-electron chi connectivity index (χ4n) is 4.17. The Morgan fingerprint density at radius 2 is 1.76 bits per heavy atom. The molecule has 38 heavy (non-hydrogen) atoms. The number of anilines is 1. The van der Waals surface area contributed by atoms with Crippen molar-refractivity contribution in [1.82, 2.24) is 29.7 Å². The average molecular weight is 521 g/mol. The summed E-state index contributed by atoms with van der Waals surface area (Å²) in [7, 11) is 5.81. The fraction of sp³-hybridized carbons (Fsp3) is 0.400. The van der Waals surface area contributed by atoms with Crippen molar-refractivity contribution in [1.29, 1.82) is 0 Å². The van der Waals surface area contributed by atoms with E-state index >= 15 is 0 Å². The van der Waals surface area contributed by atoms with Gasteiger partial charge in [-0.1, -0.05) is 0 Å². The van der Waals surface area contributed by atoms with Crippen molar-refractivity contribution in [2.75, 3.05) is 24.6 Å². The lowest BCUT2D eigenvalue weighted by Crippen LogP contribution is -2.42. The maximum Gasteiger partial charge on any atom is 0.228 e. The highest BCUT2D eigenvalue weighted by atomic mass is 19.1. The lowest BCUT2D eigenvalue weighted by molar-refractivity contribution is 0.0526. The average Bonchev–Trinajstić information content (AvgIpc) is 3.61. The van der Waals surface area contributed by atoms with Crippen LogP contribution in [-0.2, 0) is 4.74 Å². The van der Waals surface area contributed by atoms with Crippen LogP contribution in [0.5, 0.6) is 11.5 Å². The molecule has 0 amide bonds. The Morgan fingerprint density at radius 1 is 1.03 bits per heavy atom. The molecule has 2 radical (unpaired) electrons. The standard InChI is InChI=1S/C19H18BF2N5O3.C6H8N2/c1-7-6-27(4-5-30-7)19-25-14(15-18(26-19)24-9(3)8(2)23-15)10-11(20)16(28)13(22)17(29)12(10)21;1-4-7-8(5-1)6-2-3-6/h7,28-29H,4-6H2,1-3H3;1,4-6H,2-3H2. The monoisotopic (exact) mass is 521 g/mol. The molecule has 1 aliphatic heterocycles. The molecule has 1 aromatic carbocycles. The first-order valence-corrected chi connectivity index (χ1v) is 12.2.